The van der Waals surface area contributed by atoms with Crippen molar-refractivity contribution in [2.75, 3.05) is 0 Å². The summed E-state index contributed by atoms with van der Waals surface area (Å²) in [5.74, 6) is -0.853. The number of amides is 2. The molecule has 1 aliphatic carbocycles. The number of aliphatic hydroxyl groups excluding tert-OH is 1. The van der Waals surface area contributed by atoms with Crippen LogP contribution in [-0.4, -0.2) is 50.8 Å². The van der Waals surface area contributed by atoms with Gasteiger partial charge in [0.15, 0.2) is 0 Å². The normalized spacial score (nSPS) is 34.0. The number of piperidine rings is 1. The number of carboxylic acid groups (broad SMARTS) is 1. The molecule has 118 valence electrons. The van der Waals surface area contributed by atoms with Gasteiger partial charge in [0.25, 0.3) is 0 Å². The molecule has 3 N–H and O–H groups in total. The number of aliphatic carboxylic acids is 1. The monoisotopic (exact) mass is 296 g/mol. The maximum atomic E-state index is 12.6. The zero-order chi connectivity index (χ0) is 15.0. The molecule has 2 atom stereocenters. The van der Waals surface area contributed by atoms with Crippen LogP contribution in [0.1, 0.15) is 57.8 Å². The van der Waals surface area contributed by atoms with Crippen molar-refractivity contribution in [3.63, 3.8) is 0 Å². The molecular formula is C15H24N2O4. The molecule has 2 bridgehead atoms. The van der Waals surface area contributed by atoms with Crippen LogP contribution in [-0.2, 0) is 4.79 Å². The van der Waals surface area contributed by atoms with Crippen LogP contribution in [0.3, 0.4) is 0 Å². The lowest BCUT2D eigenvalue weighted by Crippen LogP contribution is -2.57. The molecule has 0 aromatic rings. The minimum atomic E-state index is -0.853. The second-order valence-electron chi connectivity index (χ2n) is 6.91. The fourth-order valence-corrected chi connectivity index (χ4v) is 4.46. The highest BCUT2D eigenvalue weighted by Gasteiger charge is 2.45. The molecule has 6 heteroatoms. The fraction of sp³-hybridized carbons (Fsp3) is 0.867. The smallest absolute Gasteiger partial charge is 0.318 e. The van der Waals surface area contributed by atoms with Gasteiger partial charge >= 0.3 is 12.0 Å². The van der Waals surface area contributed by atoms with Gasteiger partial charge in [0, 0.05) is 12.1 Å². The number of urea groups is 1. The van der Waals surface area contributed by atoms with Gasteiger partial charge in [0.2, 0.25) is 0 Å². The van der Waals surface area contributed by atoms with E-state index in [9.17, 15) is 14.7 Å². The Labute approximate surface area is 124 Å². The second-order valence-corrected chi connectivity index (χ2v) is 6.91. The van der Waals surface area contributed by atoms with Crippen LogP contribution in [0.4, 0.5) is 4.79 Å². The average molecular weight is 296 g/mol. The van der Waals surface area contributed by atoms with Gasteiger partial charge in [0.1, 0.15) is 0 Å². The summed E-state index contributed by atoms with van der Waals surface area (Å²) in [5.41, 5.74) is -0.571. The van der Waals surface area contributed by atoms with Crippen molar-refractivity contribution in [3.8, 4) is 0 Å². The van der Waals surface area contributed by atoms with Gasteiger partial charge in [-0.05, 0) is 38.5 Å². The lowest BCUT2D eigenvalue weighted by molar-refractivity contribution is -0.138. The number of nitrogens with one attached hydrogen (secondary N) is 1. The van der Waals surface area contributed by atoms with E-state index in [1.54, 1.807) is 0 Å². The summed E-state index contributed by atoms with van der Waals surface area (Å²) in [4.78, 5) is 25.6. The molecule has 3 fully saturated rings. The number of carboxylic acids is 1. The highest BCUT2D eigenvalue weighted by Crippen LogP contribution is 2.37. The molecule has 2 amide bonds. The second kappa shape index (κ2) is 5.48. The van der Waals surface area contributed by atoms with Crippen LogP contribution in [0.2, 0.25) is 0 Å². The third kappa shape index (κ3) is 2.86. The highest BCUT2D eigenvalue weighted by molar-refractivity contribution is 5.78. The number of fused-ring (bicyclic) bond motifs is 2. The van der Waals surface area contributed by atoms with Gasteiger partial charge in [-0.3, -0.25) is 4.79 Å². The Kier molecular flexibility index (Phi) is 3.82. The average Bonchev–Trinajstić information content (AvgIpc) is 2.92. The minimum Gasteiger partial charge on any atom is -0.481 e. The summed E-state index contributed by atoms with van der Waals surface area (Å²) < 4.78 is 0. The zero-order valence-corrected chi connectivity index (χ0v) is 12.3. The molecule has 0 radical (unpaired) electrons. The van der Waals surface area contributed by atoms with E-state index >= 15 is 0 Å². The van der Waals surface area contributed by atoms with Crippen molar-refractivity contribution in [1.82, 2.24) is 10.2 Å². The maximum absolute atomic E-state index is 12.6. The first-order valence-electron chi connectivity index (χ1n) is 7.99. The molecule has 2 aliphatic heterocycles. The van der Waals surface area contributed by atoms with Crippen molar-refractivity contribution >= 4 is 12.0 Å². The molecule has 2 heterocycles. The number of carbonyl (C=O) groups excluding carboxylic acids is 1. The van der Waals surface area contributed by atoms with Gasteiger partial charge < -0.3 is 20.4 Å². The fourth-order valence-electron chi connectivity index (χ4n) is 4.46. The van der Waals surface area contributed by atoms with Crippen LogP contribution >= 0.6 is 0 Å². The lowest BCUT2D eigenvalue weighted by atomic mass is 9.93. The van der Waals surface area contributed by atoms with Crippen LogP contribution in [0, 0.1) is 0 Å². The van der Waals surface area contributed by atoms with Crippen LogP contribution in [0.15, 0.2) is 0 Å². The van der Waals surface area contributed by atoms with Crippen molar-refractivity contribution in [2.45, 2.75) is 81.5 Å². The van der Waals surface area contributed by atoms with Crippen molar-refractivity contribution < 1.29 is 19.8 Å². The molecule has 6 nitrogen and oxygen atoms in total. The Morgan fingerprint density at radius 2 is 1.71 bits per heavy atom. The number of hydrogen-bond donors (Lipinski definition) is 3. The number of aliphatic hydroxyl groups is 1. The van der Waals surface area contributed by atoms with E-state index in [0.29, 0.717) is 12.8 Å². The Hall–Kier alpha value is -1.30. The van der Waals surface area contributed by atoms with E-state index in [-0.39, 0.29) is 30.6 Å². The van der Waals surface area contributed by atoms with E-state index in [1.807, 2.05) is 4.90 Å². The quantitative estimate of drug-likeness (QED) is 0.735. The Balaban J connectivity index is 1.69. The van der Waals surface area contributed by atoms with Crippen LogP contribution < -0.4 is 5.32 Å². The molecule has 0 spiro atoms. The van der Waals surface area contributed by atoms with E-state index in [0.717, 1.165) is 38.5 Å². The summed E-state index contributed by atoms with van der Waals surface area (Å²) >= 11 is 0. The van der Waals surface area contributed by atoms with Gasteiger partial charge in [-0.25, -0.2) is 4.79 Å². The van der Waals surface area contributed by atoms with Crippen LogP contribution in [0.5, 0.6) is 0 Å². The van der Waals surface area contributed by atoms with Gasteiger partial charge in [0.05, 0.1) is 18.1 Å². The summed E-state index contributed by atoms with van der Waals surface area (Å²) in [6, 6.07) is 0.0987. The lowest BCUT2D eigenvalue weighted by Gasteiger charge is -2.40. The topological polar surface area (TPSA) is 89.9 Å². The molecule has 0 aromatic heterocycles. The largest absolute Gasteiger partial charge is 0.481 e. The highest BCUT2D eigenvalue weighted by atomic mass is 16.4. The predicted octanol–water partition coefficient (Wildman–Crippen LogP) is 1.47. The van der Waals surface area contributed by atoms with E-state index < -0.39 is 11.5 Å². The van der Waals surface area contributed by atoms with Gasteiger partial charge in [-0.1, -0.05) is 12.8 Å². The summed E-state index contributed by atoms with van der Waals surface area (Å²) in [6.45, 7) is 0. The Morgan fingerprint density at radius 1 is 1.14 bits per heavy atom. The maximum Gasteiger partial charge on any atom is 0.318 e. The third-order valence-corrected chi connectivity index (χ3v) is 5.37. The molecule has 21 heavy (non-hydrogen) atoms. The van der Waals surface area contributed by atoms with Crippen LogP contribution in [0.25, 0.3) is 0 Å². The van der Waals surface area contributed by atoms with E-state index in [1.165, 1.54) is 0 Å². The van der Waals surface area contributed by atoms with Crippen molar-refractivity contribution in [2.24, 2.45) is 0 Å². The first kappa shape index (κ1) is 14.6. The first-order chi connectivity index (χ1) is 9.99. The number of nitrogens with zero attached hydrogens (tertiary/aromatic N) is 1. The molecule has 0 aromatic carbocycles. The summed E-state index contributed by atoms with van der Waals surface area (Å²) in [5, 5.41) is 22.0. The molecule has 3 aliphatic rings. The first-order valence-corrected chi connectivity index (χ1v) is 7.99. The predicted molar refractivity (Wildman–Crippen MR) is 75.9 cm³/mol. The zero-order valence-electron chi connectivity index (χ0n) is 12.3. The van der Waals surface area contributed by atoms with Gasteiger partial charge in [-0.15, -0.1) is 0 Å². The Bertz CT molecular complexity index is 419. The van der Waals surface area contributed by atoms with E-state index in [4.69, 9.17) is 5.11 Å². The molecular weight excluding hydrogens is 272 g/mol. The Morgan fingerprint density at radius 3 is 2.24 bits per heavy atom. The number of rotatable bonds is 3. The summed E-state index contributed by atoms with van der Waals surface area (Å²) in [6.07, 6.45) is 6.33. The molecule has 2 unspecified atom stereocenters. The van der Waals surface area contributed by atoms with E-state index in [2.05, 4.69) is 5.32 Å². The molecule has 3 rings (SSSR count). The number of carbonyl (C=O) groups is 2. The van der Waals surface area contributed by atoms with Crippen molar-refractivity contribution in [3.05, 3.63) is 0 Å². The molecule has 2 saturated heterocycles. The minimum absolute atomic E-state index is 0.00450. The standard InChI is InChI=1S/C15H24N2O4/c18-12-7-10-3-4-11(8-12)17(10)14(21)16-15(9-13(19)20)5-1-2-6-15/h10-12,18H,1-9H2,(H,16,21)(H,19,20). The third-order valence-electron chi connectivity index (χ3n) is 5.37. The SMILES string of the molecule is O=C(O)CC1(NC(=O)N2C3CCC2CC(O)C3)CCCC1. The summed E-state index contributed by atoms with van der Waals surface area (Å²) in [7, 11) is 0. The number of hydrogen-bond acceptors (Lipinski definition) is 3. The van der Waals surface area contributed by atoms with Crippen molar-refractivity contribution in [1.29, 1.82) is 0 Å². The molecule has 1 saturated carbocycles. The van der Waals surface area contributed by atoms with Gasteiger partial charge in [-0.2, -0.15) is 0 Å².